The summed E-state index contributed by atoms with van der Waals surface area (Å²) in [6.45, 7) is 7.87. The first-order valence-electron chi connectivity index (χ1n) is 8.58. The van der Waals surface area contributed by atoms with E-state index in [-0.39, 0.29) is 0 Å². The van der Waals surface area contributed by atoms with Crippen LogP contribution < -0.4 is 5.32 Å². The van der Waals surface area contributed by atoms with Gasteiger partial charge in [0.25, 0.3) is 0 Å². The number of rotatable bonds is 6. The lowest BCUT2D eigenvalue weighted by Crippen LogP contribution is -2.39. The summed E-state index contributed by atoms with van der Waals surface area (Å²) in [5.74, 6) is 2.46. The van der Waals surface area contributed by atoms with Crippen LogP contribution in [-0.2, 0) is 4.74 Å². The molecule has 1 N–H and O–H groups in total. The molecule has 0 radical (unpaired) electrons. The maximum atomic E-state index is 6.11. The van der Waals surface area contributed by atoms with Gasteiger partial charge < -0.3 is 10.1 Å². The van der Waals surface area contributed by atoms with E-state index in [4.69, 9.17) is 4.74 Å². The van der Waals surface area contributed by atoms with E-state index in [0.29, 0.717) is 6.10 Å². The van der Waals surface area contributed by atoms with Gasteiger partial charge in [-0.05, 0) is 43.6 Å². The van der Waals surface area contributed by atoms with Gasteiger partial charge in [0.05, 0.1) is 6.10 Å². The average molecular weight is 267 g/mol. The van der Waals surface area contributed by atoms with Gasteiger partial charge in [-0.2, -0.15) is 0 Å². The highest BCUT2D eigenvalue weighted by molar-refractivity contribution is 4.80. The smallest absolute Gasteiger partial charge is 0.0618 e. The van der Waals surface area contributed by atoms with E-state index in [1.54, 1.807) is 0 Å². The molecule has 1 aliphatic carbocycles. The van der Waals surface area contributed by atoms with Crippen molar-refractivity contribution in [2.45, 2.75) is 71.3 Å². The fourth-order valence-electron chi connectivity index (χ4n) is 3.70. The molecule has 0 aromatic heterocycles. The van der Waals surface area contributed by atoms with Crippen LogP contribution in [0.15, 0.2) is 0 Å². The molecule has 0 aromatic rings. The van der Waals surface area contributed by atoms with Gasteiger partial charge in [-0.3, -0.25) is 0 Å². The Morgan fingerprint density at radius 3 is 2.58 bits per heavy atom. The normalized spacial score (nSPS) is 29.8. The van der Waals surface area contributed by atoms with E-state index in [2.05, 4.69) is 19.2 Å². The summed E-state index contributed by atoms with van der Waals surface area (Å²) < 4.78 is 6.11. The molecular weight excluding hydrogens is 234 g/mol. The van der Waals surface area contributed by atoms with Crippen LogP contribution in [0.25, 0.3) is 0 Å². The summed E-state index contributed by atoms with van der Waals surface area (Å²) in [6.07, 6.45) is 11.8. The van der Waals surface area contributed by atoms with Crippen molar-refractivity contribution in [2.75, 3.05) is 19.7 Å². The molecule has 2 atom stereocenters. The molecule has 1 saturated heterocycles. The first kappa shape index (κ1) is 15.3. The molecule has 19 heavy (non-hydrogen) atoms. The Balaban J connectivity index is 1.74. The van der Waals surface area contributed by atoms with Crippen molar-refractivity contribution in [3.05, 3.63) is 0 Å². The maximum Gasteiger partial charge on any atom is 0.0618 e. The lowest BCUT2D eigenvalue weighted by atomic mass is 9.81. The van der Waals surface area contributed by atoms with Crippen LogP contribution in [0.2, 0.25) is 0 Å². The Morgan fingerprint density at radius 1 is 1.05 bits per heavy atom. The molecule has 0 aromatic carbocycles. The summed E-state index contributed by atoms with van der Waals surface area (Å²) >= 11 is 0. The predicted molar refractivity (Wildman–Crippen MR) is 81.4 cm³/mol. The number of hydrogen-bond acceptors (Lipinski definition) is 2. The molecule has 1 heterocycles. The van der Waals surface area contributed by atoms with Gasteiger partial charge in [-0.1, -0.05) is 46.0 Å². The zero-order valence-electron chi connectivity index (χ0n) is 13.0. The lowest BCUT2D eigenvalue weighted by molar-refractivity contribution is -0.0412. The Morgan fingerprint density at radius 2 is 1.84 bits per heavy atom. The van der Waals surface area contributed by atoms with E-state index in [1.165, 1.54) is 51.4 Å². The van der Waals surface area contributed by atoms with Crippen LogP contribution in [0.1, 0.15) is 65.2 Å². The van der Waals surface area contributed by atoms with Crippen LogP contribution in [0.3, 0.4) is 0 Å². The third-order valence-corrected chi connectivity index (χ3v) is 4.83. The van der Waals surface area contributed by atoms with E-state index >= 15 is 0 Å². The van der Waals surface area contributed by atoms with Gasteiger partial charge in [0.1, 0.15) is 0 Å². The summed E-state index contributed by atoms with van der Waals surface area (Å²) in [7, 11) is 0. The minimum atomic E-state index is 0.538. The quantitative estimate of drug-likeness (QED) is 0.785. The van der Waals surface area contributed by atoms with Gasteiger partial charge in [-0.25, -0.2) is 0 Å². The highest BCUT2D eigenvalue weighted by atomic mass is 16.5. The van der Waals surface area contributed by atoms with Gasteiger partial charge in [0, 0.05) is 13.2 Å². The second-order valence-corrected chi connectivity index (χ2v) is 7.10. The van der Waals surface area contributed by atoms with Crippen molar-refractivity contribution in [1.29, 1.82) is 0 Å². The fraction of sp³-hybridized carbons (Fsp3) is 1.00. The van der Waals surface area contributed by atoms with Gasteiger partial charge >= 0.3 is 0 Å². The molecule has 2 aliphatic rings. The van der Waals surface area contributed by atoms with Crippen molar-refractivity contribution < 1.29 is 4.74 Å². The lowest BCUT2D eigenvalue weighted by Gasteiger charge is -2.35. The van der Waals surface area contributed by atoms with E-state index in [1.807, 2.05) is 0 Å². The molecule has 2 heteroatoms. The molecule has 112 valence electrons. The zero-order valence-corrected chi connectivity index (χ0v) is 13.0. The SMILES string of the molecule is CC(C)CNCC1CCCOC1CC1CCCCC1. The molecule has 2 nitrogen and oxygen atoms in total. The Hall–Kier alpha value is -0.0800. The Labute approximate surface area is 119 Å². The first-order valence-corrected chi connectivity index (χ1v) is 8.58. The van der Waals surface area contributed by atoms with Crippen molar-refractivity contribution in [1.82, 2.24) is 5.32 Å². The third kappa shape index (κ3) is 5.43. The van der Waals surface area contributed by atoms with Gasteiger partial charge in [0.2, 0.25) is 0 Å². The Kier molecular flexibility index (Phi) is 6.66. The molecule has 1 saturated carbocycles. The monoisotopic (exact) mass is 267 g/mol. The molecule has 0 bridgehead atoms. The van der Waals surface area contributed by atoms with E-state index in [0.717, 1.165) is 37.5 Å². The second kappa shape index (κ2) is 8.26. The number of ether oxygens (including phenoxy) is 1. The van der Waals surface area contributed by atoms with Crippen molar-refractivity contribution in [3.8, 4) is 0 Å². The third-order valence-electron chi connectivity index (χ3n) is 4.83. The molecular formula is C17H33NO. The molecule has 0 amide bonds. The molecule has 2 unspecified atom stereocenters. The minimum absolute atomic E-state index is 0.538. The molecule has 0 spiro atoms. The van der Waals surface area contributed by atoms with Gasteiger partial charge in [0.15, 0.2) is 0 Å². The van der Waals surface area contributed by atoms with Gasteiger partial charge in [-0.15, -0.1) is 0 Å². The molecule has 2 fully saturated rings. The highest BCUT2D eigenvalue weighted by Crippen LogP contribution is 2.32. The van der Waals surface area contributed by atoms with Crippen LogP contribution in [0.4, 0.5) is 0 Å². The number of nitrogens with one attached hydrogen (secondary N) is 1. The van der Waals surface area contributed by atoms with E-state index in [9.17, 15) is 0 Å². The summed E-state index contributed by atoms with van der Waals surface area (Å²) in [5.41, 5.74) is 0. The summed E-state index contributed by atoms with van der Waals surface area (Å²) in [5, 5.41) is 3.64. The van der Waals surface area contributed by atoms with Crippen molar-refractivity contribution >= 4 is 0 Å². The first-order chi connectivity index (χ1) is 9.25. The van der Waals surface area contributed by atoms with Crippen molar-refractivity contribution in [3.63, 3.8) is 0 Å². The minimum Gasteiger partial charge on any atom is -0.378 e. The second-order valence-electron chi connectivity index (χ2n) is 7.10. The average Bonchev–Trinajstić information content (AvgIpc) is 2.41. The van der Waals surface area contributed by atoms with E-state index < -0.39 is 0 Å². The zero-order chi connectivity index (χ0) is 13.5. The van der Waals surface area contributed by atoms with Crippen LogP contribution in [0, 0.1) is 17.8 Å². The molecule has 2 rings (SSSR count). The van der Waals surface area contributed by atoms with Crippen molar-refractivity contribution in [2.24, 2.45) is 17.8 Å². The number of hydrogen-bond donors (Lipinski definition) is 1. The van der Waals surface area contributed by atoms with Crippen LogP contribution >= 0.6 is 0 Å². The van der Waals surface area contributed by atoms with Crippen LogP contribution in [-0.4, -0.2) is 25.8 Å². The topological polar surface area (TPSA) is 21.3 Å². The fourth-order valence-corrected chi connectivity index (χ4v) is 3.70. The predicted octanol–water partition coefficient (Wildman–Crippen LogP) is 4.00. The Bertz CT molecular complexity index is 235. The van der Waals surface area contributed by atoms with Crippen LogP contribution in [0.5, 0.6) is 0 Å². The highest BCUT2D eigenvalue weighted by Gasteiger charge is 2.28. The maximum absolute atomic E-state index is 6.11. The summed E-state index contributed by atoms with van der Waals surface area (Å²) in [4.78, 5) is 0. The summed E-state index contributed by atoms with van der Waals surface area (Å²) in [6, 6.07) is 0. The standard InChI is InChI=1S/C17H33NO/c1-14(2)12-18-13-16-9-6-10-19-17(16)11-15-7-4-3-5-8-15/h14-18H,3-13H2,1-2H3. The largest absolute Gasteiger partial charge is 0.378 e. The molecule has 1 aliphatic heterocycles.